The van der Waals surface area contributed by atoms with E-state index in [2.05, 4.69) is 10.1 Å². The molecule has 1 aromatic rings. The van der Waals surface area contributed by atoms with E-state index >= 15 is 0 Å². The van der Waals surface area contributed by atoms with Gasteiger partial charge in [0.05, 0.1) is 19.2 Å². The van der Waals surface area contributed by atoms with Crippen LogP contribution in [0.15, 0.2) is 24.3 Å². The summed E-state index contributed by atoms with van der Waals surface area (Å²) in [6, 6.07) is 0. The highest BCUT2D eigenvalue weighted by molar-refractivity contribution is 5.88. The summed E-state index contributed by atoms with van der Waals surface area (Å²) in [5.41, 5.74) is 0.595. The first kappa shape index (κ1) is 11.4. The van der Waals surface area contributed by atoms with Gasteiger partial charge >= 0.3 is 5.97 Å². The second-order valence-electron chi connectivity index (χ2n) is 3.52. The third-order valence-corrected chi connectivity index (χ3v) is 1.78. The van der Waals surface area contributed by atoms with E-state index < -0.39 is 0 Å². The van der Waals surface area contributed by atoms with E-state index in [1.54, 1.807) is 11.0 Å². The van der Waals surface area contributed by atoms with Gasteiger partial charge in [0.2, 0.25) is 0 Å². The lowest BCUT2D eigenvalue weighted by molar-refractivity contribution is -0.136. The normalized spacial score (nSPS) is 11.9. The minimum atomic E-state index is -0.320. The van der Waals surface area contributed by atoms with Gasteiger partial charge in [-0.1, -0.05) is 19.9 Å². The molecule has 5 nitrogen and oxygen atoms in total. The Labute approximate surface area is 88.8 Å². The van der Waals surface area contributed by atoms with Crippen molar-refractivity contribution >= 4 is 5.97 Å². The van der Waals surface area contributed by atoms with Crippen LogP contribution in [0.5, 0.6) is 0 Å². The molecule has 1 aromatic heterocycles. The smallest absolute Gasteiger partial charge is 0.335 e. The molecule has 82 valence electrons. The predicted molar refractivity (Wildman–Crippen MR) is 55.0 cm³/mol. The highest BCUT2D eigenvalue weighted by Crippen LogP contribution is 2.06. The maximum absolute atomic E-state index is 11.4. The Morgan fingerprint density at radius 1 is 1.60 bits per heavy atom. The maximum Gasteiger partial charge on any atom is 0.335 e. The van der Waals surface area contributed by atoms with Gasteiger partial charge in [0.15, 0.2) is 0 Å². The standard InChI is InChI=1S/C10H15N3O2/c1-8(2)4-9(10(14)15-3)5-13-7-11-6-12-13/h4,6-8H,5H2,1-3H3/b9-4+. The first-order chi connectivity index (χ1) is 7.13. The highest BCUT2D eigenvalue weighted by Gasteiger charge is 2.11. The Morgan fingerprint density at radius 2 is 2.33 bits per heavy atom. The molecule has 0 aromatic carbocycles. The van der Waals surface area contributed by atoms with E-state index in [0.717, 1.165) is 0 Å². The lowest BCUT2D eigenvalue weighted by atomic mass is 10.1. The van der Waals surface area contributed by atoms with Crippen LogP contribution in [0.1, 0.15) is 13.8 Å². The second kappa shape index (κ2) is 5.29. The minimum absolute atomic E-state index is 0.294. The van der Waals surface area contributed by atoms with Crippen molar-refractivity contribution in [1.82, 2.24) is 14.8 Å². The van der Waals surface area contributed by atoms with E-state index in [1.807, 2.05) is 19.9 Å². The number of allylic oxidation sites excluding steroid dienone is 1. The summed E-state index contributed by atoms with van der Waals surface area (Å²) in [7, 11) is 1.37. The van der Waals surface area contributed by atoms with Crippen molar-refractivity contribution in [1.29, 1.82) is 0 Å². The second-order valence-corrected chi connectivity index (χ2v) is 3.52. The predicted octanol–water partition coefficient (Wildman–Crippen LogP) is 1.03. The first-order valence-electron chi connectivity index (χ1n) is 4.75. The van der Waals surface area contributed by atoms with Gasteiger partial charge in [0, 0.05) is 0 Å². The molecule has 0 aliphatic heterocycles. The lowest BCUT2D eigenvalue weighted by Crippen LogP contribution is -2.13. The number of ether oxygens (including phenoxy) is 1. The zero-order valence-electron chi connectivity index (χ0n) is 9.17. The summed E-state index contributed by atoms with van der Waals surface area (Å²) >= 11 is 0. The zero-order chi connectivity index (χ0) is 11.3. The average Bonchev–Trinajstić information content (AvgIpc) is 2.67. The molecule has 0 radical (unpaired) electrons. The molecular formula is C10H15N3O2. The average molecular weight is 209 g/mol. The number of carbonyl (C=O) groups excluding carboxylic acids is 1. The number of hydrogen-bond acceptors (Lipinski definition) is 4. The number of carbonyl (C=O) groups is 1. The molecule has 1 rings (SSSR count). The maximum atomic E-state index is 11.4. The third kappa shape index (κ3) is 3.53. The van der Waals surface area contributed by atoms with Gasteiger partial charge in [-0.2, -0.15) is 5.10 Å². The summed E-state index contributed by atoms with van der Waals surface area (Å²) in [5.74, 6) is -0.0261. The highest BCUT2D eigenvalue weighted by atomic mass is 16.5. The Morgan fingerprint density at radius 3 is 2.80 bits per heavy atom. The molecule has 0 amide bonds. The summed E-state index contributed by atoms with van der Waals surface area (Å²) in [5, 5.41) is 3.94. The Bertz CT molecular complexity index is 342. The van der Waals surface area contributed by atoms with Crippen LogP contribution in [0.25, 0.3) is 0 Å². The number of hydrogen-bond donors (Lipinski definition) is 0. The number of aromatic nitrogens is 3. The Kier molecular flexibility index (Phi) is 4.03. The third-order valence-electron chi connectivity index (χ3n) is 1.78. The van der Waals surface area contributed by atoms with Gasteiger partial charge in [-0.15, -0.1) is 0 Å². The van der Waals surface area contributed by atoms with Gasteiger partial charge in [-0.05, 0) is 5.92 Å². The summed E-state index contributed by atoms with van der Waals surface area (Å²) in [6.45, 7) is 4.40. The Hall–Kier alpha value is -1.65. The molecule has 0 N–H and O–H groups in total. The molecule has 0 fully saturated rings. The fourth-order valence-corrected chi connectivity index (χ4v) is 1.21. The largest absolute Gasteiger partial charge is 0.466 e. The summed E-state index contributed by atoms with van der Waals surface area (Å²) in [6.07, 6.45) is 4.87. The van der Waals surface area contributed by atoms with Crippen LogP contribution in [0.3, 0.4) is 0 Å². The quantitative estimate of drug-likeness (QED) is 0.549. The Balaban J connectivity index is 2.78. The lowest BCUT2D eigenvalue weighted by Gasteiger charge is -2.06. The van der Waals surface area contributed by atoms with Crippen molar-refractivity contribution in [2.75, 3.05) is 7.11 Å². The molecular weight excluding hydrogens is 194 g/mol. The van der Waals surface area contributed by atoms with Crippen molar-refractivity contribution in [3.63, 3.8) is 0 Å². The molecule has 0 atom stereocenters. The van der Waals surface area contributed by atoms with Gasteiger partial charge in [-0.3, -0.25) is 0 Å². The molecule has 0 aliphatic rings. The molecule has 0 spiro atoms. The van der Waals surface area contributed by atoms with Crippen molar-refractivity contribution < 1.29 is 9.53 Å². The number of methoxy groups -OCH3 is 1. The number of rotatable bonds is 4. The van der Waals surface area contributed by atoms with E-state index in [-0.39, 0.29) is 5.97 Å². The molecule has 0 unspecified atom stereocenters. The fourth-order valence-electron chi connectivity index (χ4n) is 1.21. The first-order valence-corrected chi connectivity index (χ1v) is 4.75. The number of esters is 1. The van der Waals surface area contributed by atoms with Gasteiger partial charge < -0.3 is 4.74 Å². The molecule has 0 bridgehead atoms. The van der Waals surface area contributed by atoms with Crippen LogP contribution in [-0.4, -0.2) is 27.8 Å². The van der Waals surface area contributed by atoms with Crippen molar-refractivity contribution in [2.24, 2.45) is 5.92 Å². The van der Waals surface area contributed by atoms with E-state index in [9.17, 15) is 4.79 Å². The van der Waals surface area contributed by atoms with Crippen LogP contribution in [0.4, 0.5) is 0 Å². The van der Waals surface area contributed by atoms with Gasteiger partial charge in [-0.25, -0.2) is 14.5 Å². The van der Waals surface area contributed by atoms with Gasteiger partial charge in [0.25, 0.3) is 0 Å². The van der Waals surface area contributed by atoms with E-state index in [4.69, 9.17) is 4.74 Å². The topological polar surface area (TPSA) is 57.0 Å². The molecule has 0 saturated heterocycles. The summed E-state index contributed by atoms with van der Waals surface area (Å²) < 4.78 is 6.28. The van der Waals surface area contributed by atoms with Crippen molar-refractivity contribution in [2.45, 2.75) is 20.4 Å². The molecule has 15 heavy (non-hydrogen) atoms. The zero-order valence-corrected chi connectivity index (χ0v) is 9.17. The van der Waals surface area contributed by atoms with Crippen LogP contribution in [-0.2, 0) is 16.1 Å². The fraction of sp³-hybridized carbons (Fsp3) is 0.500. The molecule has 1 heterocycles. The number of nitrogens with zero attached hydrogens (tertiary/aromatic N) is 3. The van der Waals surface area contributed by atoms with Crippen molar-refractivity contribution in [3.8, 4) is 0 Å². The van der Waals surface area contributed by atoms with Gasteiger partial charge in [0.1, 0.15) is 12.7 Å². The molecule has 0 saturated carbocycles. The molecule has 0 aliphatic carbocycles. The summed E-state index contributed by atoms with van der Waals surface area (Å²) in [4.78, 5) is 15.2. The molecule has 5 heteroatoms. The SMILES string of the molecule is COC(=O)/C(=C/C(C)C)Cn1cncn1. The van der Waals surface area contributed by atoms with Crippen LogP contribution >= 0.6 is 0 Å². The van der Waals surface area contributed by atoms with Crippen LogP contribution in [0.2, 0.25) is 0 Å². The van der Waals surface area contributed by atoms with E-state index in [0.29, 0.717) is 18.0 Å². The monoisotopic (exact) mass is 209 g/mol. The van der Waals surface area contributed by atoms with Crippen molar-refractivity contribution in [3.05, 3.63) is 24.3 Å². The minimum Gasteiger partial charge on any atom is -0.466 e. The van der Waals surface area contributed by atoms with Crippen LogP contribution in [0, 0.1) is 5.92 Å². The van der Waals surface area contributed by atoms with Crippen LogP contribution < -0.4 is 0 Å². The van der Waals surface area contributed by atoms with E-state index in [1.165, 1.54) is 13.4 Å².